The highest BCUT2D eigenvalue weighted by Gasteiger charge is 2.38. The molecule has 2 aromatic carbocycles. The Kier molecular flexibility index (Phi) is 4.89. The maximum atomic E-state index is 12.2. The summed E-state index contributed by atoms with van der Waals surface area (Å²) < 4.78 is 0. The van der Waals surface area contributed by atoms with Crippen molar-refractivity contribution in [3.8, 4) is 0 Å². The summed E-state index contributed by atoms with van der Waals surface area (Å²) in [6.07, 6.45) is 0.0778. The average molecular weight is 351 g/mol. The molecule has 5 heteroatoms. The number of nitrogens with zero attached hydrogens (tertiary/aromatic N) is 1. The molecule has 0 saturated carbocycles. The first-order valence-corrected chi connectivity index (χ1v) is 8.67. The number of fused-ring (bicyclic) bond motifs is 1. The van der Waals surface area contributed by atoms with Crippen molar-refractivity contribution in [2.24, 2.45) is 0 Å². The normalized spacial score (nSPS) is 14.5. The summed E-state index contributed by atoms with van der Waals surface area (Å²) in [5.74, 6) is -1.46. The first-order valence-electron chi connectivity index (χ1n) is 8.67. The molecule has 0 aliphatic carbocycles. The van der Waals surface area contributed by atoms with Crippen LogP contribution in [0, 0.1) is 0 Å². The summed E-state index contributed by atoms with van der Waals surface area (Å²) in [5.41, 5.74) is 2.74. The Labute approximate surface area is 152 Å². The standard InChI is InChI=1S/C21H21NO4/c1-13(2)15-8-10-16(11-9-15)14(3)12-19(23)26-22-20(24)17-6-4-5-7-18(17)21(22)25/h4-11,13-14H,12H2,1-3H3. The van der Waals surface area contributed by atoms with Gasteiger partial charge in [-0.1, -0.05) is 62.2 Å². The highest BCUT2D eigenvalue weighted by Crippen LogP contribution is 2.25. The van der Waals surface area contributed by atoms with Gasteiger partial charge in [-0.3, -0.25) is 9.59 Å². The van der Waals surface area contributed by atoms with Crippen molar-refractivity contribution >= 4 is 17.8 Å². The van der Waals surface area contributed by atoms with Gasteiger partial charge in [0.05, 0.1) is 17.5 Å². The first kappa shape index (κ1) is 17.9. The fraction of sp³-hybridized carbons (Fsp3) is 0.286. The second-order valence-electron chi connectivity index (χ2n) is 6.84. The van der Waals surface area contributed by atoms with Crippen LogP contribution >= 0.6 is 0 Å². The Morgan fingerprint density at radius 3 is 1.88 bits per heavy atom. The van der Waals surface area contributed by atoms with Crippen molar-refractivity contribution in [2.75, 3.05) is 0 Å². The van der Waals surface area contributed by atoms with E-state index in [0.29, 0.717) is 11.0 Å². The number of rotatable bonds is 5. The molecule has 26 heavy (non-hydrogen) atoms. The van der Waals surface area contributed by atoms with Gasteiger partial charge in [-0.15, -0.1) is 0 Å². The maximum Gasteiger partial charge on any atom is 0.333 e. The molecule has 0 aromatic heterocycles. The molecule has 0 spiro atoms. The molecular weight excluding hydrogens is 330 g/mol. The van der Waals surface area contributed by atoms with Crippen LogP contribution in [-0.4, -0.2) is 22.8 Å². The molecule has 134 valence electrons. The van der Waals surface area contributed by atoms with E-state index in [1.807, 2.05) is 31.2 Å². The molecule has 0 bridgehead atoms. The van der Waals surface area contributed by atoms with Crippen molar-refractivity contribution in [3.05, 3.63) is 70.8 Å². The van der Waals surface area contributed by atoms with Crippen molar-refractivity contribution in [3.63, 3.8) is 0 Å². The van der Waals surface area contributed by atoms with Crippen LogP contribution in [-0.2, 0) is 9.63 Å². The van der Waals surface area contributed by atoms with E-state index in [-0.39, 0.29) is 23.5 Å². The lowest BCUT2D eigenvalue weighted by molar-refractivity contribution is -0.168. The predicted molar refractivity (Wildman–Crippen MR) is 96.6 cm³/mol. The lowest BCUT2D eigenvalue weighted by Crippen LogP contribution is -2.33. The van der Waals surface area contributed by atoms with Crippen LogP contribution in [0.4, 0.5) is 0 Å². The monoisotopic (exact) mass is 351 g/mol. The number of hydroxylamine groups is 2. The number of carbonyl (C=O) groups excluding carboxylic acids is 3. The molecule has 1 heterocycles. The highest BCUT2D eigenvalue weighted by molar-refractivity contribution is 6.20. The Morgan fingerprint density at radius 1 is 0.885 bits per heavy atom. The Balaban J connectivity index is 1.64. The van der Waals surface area contributed by atoms with Crippen molar-refractivity contribution in [2.45, 2.75) is 39.0 Å². The molecule has 1 aliphatic heterocycles. The summed E-state index contributed by atoms with van der Waals surface area (Å²) in [7, 11) is 0. The molecule has 0 fully saturated rings. The zero-order chi connectivity index (χ0) is 18.8. The molecule has 0 saturated heterocycles. The molecule has 1 unspecified atom stereocenters. The first-order chi connectivity index (χ1) is 12.4. The van der Waals surface area contributed by atoms with E-state index in [9.17, 15) is 14.4 Å². The van der Waals surface area contributed by atoms with Crippen LogP contribution in [0.1, 0.15) is 70.9 Å². The molecule has 3 rings (SSSR count). The van der Waals surface area contributed by atoms with Crippen molar-refractivity contribution < 1.29 is 19.2 Å². The fourth-order valence-electron chi connectivity index (χ4n) is 2.97. The minimum atomic E-state index is -0.611. The third-order valence-corrected chi connectivity index (χ3v) is 4.59. The Bertz CT molecular complexity index is 820. The van der Waals surface area contributed by atoms with E-state index in [1.54, 1.807) is 24.3 Å². The second-order valence-corrected chi connectivity index (χ2v) is 6.84. The lowest BCUT2D eigenvalue weighted by Gasteiger charge is -2.16. The number of benzene rings is 2. The number of carbonyl (C=O) groups is 3. The quantitative estimate of drug-likeness (QED) is 0.762. The lowest BCUT2D eigenvalue weighted by atomic mass is 9.94. The van der Waals surface area contributed by atoms with Crippen LogP contribution in [0.2, 0.25) is 0 Å². The smallest absolute Gasteiger partial charge is 0.330 e. The molecule has 0 radical (unpaired) electrons. The van der Waals surface area contributed by atoms with E-state index in [4.69, 9.17) is 4.84 Å². The predicted octanol–water partition coefficient (Wildman–Crippen LogP) is 4.06. The van der Waals surface area contributed by atoms with Gasteiger partial charge in [0.1, 0.15) is 0 Å². The number of hydrogen-bond donors (Lipinski definition) is 0. The van der Waals surface area contributed by atoms with E-state index < -0.39 is 17.8 Å². The van der Waals surface area contributed by atoms with Gasteiger partial charge in [0.2, 0.25) is 0 Å². The molecular formula is C21H21NO4. The van der Waals surface area contributed by atoms with Crippen molar-refractivity contribution in [1.29, 1.82) is 0 Å². The molecule has 5 nitrogen and oxygen atoms in total. The largest absolute Gasteiger partial charge is 0.333 e. The third-order valence-electron chi connectivity index (χ3n) is 4.59. The van der Waals surface area contributed by atoms with Gasteiger partial charge in [-0.25, -0.2) is 4.79 Å². The zero-order valence-corrected chi connectivity index (χ0v) is 15.1. The van der Waals surface area contributed by atoms with Gasteiger partial charge in [0.25, 0.3) is 11.8 Å². The number of imide groups is 1. The Hall–Kier alpha value is -2.95. The zero-order valence-electron chi connectivity index (χ0n) is 15.1. The number of hydrogen-bond acceptors (Lipinski definition) is 4. The molecule has 1 atom stereocenters. The van der Waals surface area contributed by atoms with Gasteiger partial charge in [0, 0.05) is 0 Å². The number of amides is 2. The van der Waals surface area contributed by atoms with Gasteiger partial charge < -0.3 is 4.84 Å². The molecule has 0 N–H and O–H groups in total. The molecule has 2 aromatic rings. The van der Waals surface area contributed by atoms with Gasteiger partial charge in [-0.2, -0.15) is 0 Å². The van der Waals surface area contributed by atoms with Crippen molar-refractivity contribution in [1.82, 2.24) is 5.06 Å². The fourth-order valence-corrected chi connectivity index (χ4v) is 2.97. The van der Waals surface area contributed by atoms with E-state index in [0.717, 1.165) is 5.56 Å². The summed E-state index contributed by atoms with van der Waals surface area (Å²) in [4.78, 5) is 41.8. The van der Waals surface area contributed by atoms with Gasteiger partial charge >= 0.3 is 5.97 Å². The van der Waals surface area contributed by atoms with E-state index >= 15 is 0 Å². The summed E-state index contributed by atoms with van der Waals surface area (Å²) >= 11 is 0. The van der Waals surface area contributed by atoms with Gasteiger partial charge in [0.15, 0.2) is 0 Å². The summed E-state index contributed by atoms with van der Waals surface area (Å²) in [5, 5.41) is 0.557. The average Bonchev–Trinajstić information content (AvgIpc) is 2.87. The van der Waals surface area contributed by atoms with E-state index in [2.05, 4.69) is 13.8 Å². The topological polar surface area (TPSA) is 63.7 Å². The molecule has 2 amide bonds. The maximum absolute atomic E-state index is 12.2. The van der Waals surface area contributed by atoms with Crippen LogP contribution in [0.25, 0.3) is 0 Å². The molecule has 1 aliphatic rings. The van der Waals surface area contributed by atoms with Gasteiger partial charge in [-0.05, 0) is 35.1 Å². The SMILES string of the molecule is CC(C)c1ccc(C(C)CC(=O)ON2C(=O)c3ccccc3C2=O)cc1. The third kappa shape index (κ3) is 3.38. The van der Waals surface area contributed by atoms with Crippen LogP contribution < -0.4 is 0 Å². The second kappa shape index (κ2) is 7.12. The minimum absolute atomic E-state index is 0.0778. The summed E-state index contributed by atoms with van der Waals surface area (Å²) in [6.45, 7) is 6.16. The highest BCUT2D eigenvalue weighted by atomic mass is 16.7. The Morgan fingerprint density at radius 2 is 1.38 bits per heavy atom. The van der Waals surface area contributed by atoms with Crippen LogP contribution in [0.5, 0.6) is 0 Å². The van der Waals surface area contributed by atoms with Crippen LogP contribution in [0.3, 0.4) is 0 Å². The van der Waals surface area contributed by atoms with Crippen LogP contribution in [0.15, 0.2) is 48.5 Å². The minimum Gasteiger partial charge on any atom is -0.330 e. The van der Waals surface area contributed by atoms with E-state index in [1.165, 1.54) is 5.56 Å². The summed E-state index contributed by atoms with van der Waals surface area (Å²) in [6, 6.07) is 14.5.